The molecule has 1 aromatic heterocycles. The predicted molar refractivity (Wildman–Crippen MR) is 36.7 cm³/mol. The van der Waals surface area contributed by atoms with Gasteiger partial charge in [-0.05, 0) is 18.5 Å². The Morgan fingerprint density at radius 2 is 2.18 bits per heavy atom. The van der Waals surface area contributed by atoms with Crippen LogP contribution in [0.25, 0.3) is 0 Å². The predicted octanol–water partition coefficient (Wildman–Crippen LogP) is 2.38. The van der Waals surface area contributed by atoms with Crippen LogP contribution in [-0.2, 0) is 0 Å². The Bertz CT molecular complexity index is 265. The minimum absolute atomic E-state index is 0.00750. The van der Waals surface area contributed by atoms with Crippen LogP contribution in [0.2, 0.25) is 5.28 Å². The molecule has 0 atom stereocenters. The molecule has 1 heterocycles. The van der Waals surface area contributed by atoms with Gasteiger partial charge in [0, 0.05) is 6.20 Å². The van der Waals surface area contributed by atoms with Gasteiger partial charge in [0.15, 0.2) is 0 Å². The van der Waals surface area contributed by atoms with Crippen molar-refractivity contribution in [3.05, 3.63) is 22.7 Å². The average Bonchev–Trinajstić information content (AvgIpc) is 1.85. The minimum Gasteiger partial charge on any atom is -0.226 e. The number of aromatic nitrogens is 2. The molecule has 1 rings (SSSR count). The van der Waals surface area contributed by atoms with E-state index in [-0.39, 0.29) is 16.5 Å². The highest BCUT2D eigenvalue weighted by molar-refractivity contribution is 6.28. The fraction of sp³-hybridized carbons (Fsp3) is 0.333. The Morgan fingerprint density at radius 3 is 2.64 bits per heavy atom. The van der Waals surface area contributed by atoms with Gasteiger partial charge in [0.1, 0.15) is 0 Å². The van der Waals surface area contributed by atoms with E-state index in [4.69, 9.17) is 11.6 Å². The summed E-state index contributed by atoms with van der Waals surface area (Å²) in [6, 6.07) is 0. The lowest BCUT2D eigenvalue weighted by Gasteiger charge is -2.01. The fourth-order valence-corrected chi connectivity index (χ4v) is 0.838. The van der Waals surface area contributed by atoms with Gasteiger partial charge in [-0.3, -0.25) is 0 Å². The molecule has 0 saturated heterocycles. The second-order valence-corrected chi connectivity index (χ2v) is 2.32. The molecule has 0 saturated carbocycles. The summed E-state index contributed by atoms with van der Waals surface area (Å²) >= 11 is 5.35. The van der Waals surface area contributed by atoms with Crippen molar-refractivity contribution in [3.63, 3.8) is 0 Å². The number of hydrogen-bond donors (Lipinski definition) is 0. The molecule has 0 N–H and O–H groups in total. The second-order valence-electron chi connectivity index (χ2n) is 1.98. The zero-order valence-electron chi connectivity index (χ0n) is 5.68. The Morgan fingerprint density at radius 1 is 1.55 bits per heavy atom. The first-order valence-electron chi connectivity index (χ1n) is 2.88. The number of nitrogens with zero attached hydrogens (tertiary/aromatic N) is 2. The third-order valence-corrected chi connectivity index (χ3v) is 1.41. The molecular weight excluding hydrogens is 174 g/mol. The summed E-state index contributed by atoms with van der Waals surface area (Å²) in [7, 11) is 0. The lowest BCUT2D eigenvalue weighted by molar-refractivity contribution is 0.149. The standard InChI is InChI=1S/C6H5ClF2N2/c1-3-4(5(8)9)2-10-6(7)11-3/h2,5H,1H3. The van der Waals surface area contributed by atoms with E-state index in [1.165, 1.54) is 6.92 Å². The number of rotatable bonds is 1. The van der Waals surface area contributed by atoms with Crippen molar-refractivity contribution in [2.75, 3.05) is 0 Å². The third-order valence-electron chi connectivity index (χ3n) is 1.22. The van der Waals surface area contributed by atoms with E-state index in [9.17, 15) is 8.78 Å². The summed E-state index contributed by atoms with van der Waals surface area (Å²) in [5.41, 5.74) is 0.0504. The average molecular weight is 179 g/mol. The van der Waals surface area contributed by atoms with Gasteiger partial charge in [-0.2, -0.15) is 0 Å². The minimum atomic E-state index is -2.53. The first-order chi connectivity index (χ1) is 5.11. The molecule has 0 unspecified atom stereocenters. The molecule has 11 heavy (non-hydrogen) atoms. The summed E-state index contributed by atoms with van der Waals surface area (Å²) in [5, 5.41) is -0.00750. The molecule has 0 amide bonds. The van der Waals surface area contributed by atoms with Crippen LogP contribution in [-0.4, -0.2) is 9.97 Å². The highest BCUT2D eigenvalue weighted by Gasteiger charge is 2.11. The molecule has 0 aliphatic heterocycles. The van der Waals surface area contributed by atoms with Crippen molar-refractivity contribution in [2.45, 2.75) is 13.3 Å². The SMILES string of the molecule is Cc1nc(Cl)ncc1C(F)F. The Balaban J connectivity index is 3.09. The van der Waals surface area contributed by atoms with Gasteiger partial charge in [-0.1, -0.05) is 0 Å². The van der Waals surface area contributed by atoms with Gasteiger partial charge >= 0.3 is 0 Å². The first-order valence-corrected chi connectivity index (χ1v) is 3.26. The maximum Gasteiger partial charge on any atom is 0.267 e. The number of aryl methyl sites for hydroxylation is 1. The Hall–Kier alpha value is -0.770. The molecular formula is C6H5ClF2N2. The maximum absolute atomic E-state index is 12.0. The van der Waals surface area contributed by atoms with Crippen LogP contribution in [0.15, 0.2) is 6.20 Å². The van der Waals surface area contributed by atoms with Gasteiger partial charge in [-0.25, -0.2) is 18.7 Å². The van der Waals surface area contributed by atoms with E-state index in [1.54, 1.807) is 0 Å². The van der Waals surface area contributed by atoms with Crippen molar-refractivity contribution in [1.29, 1.82) is 0 Å². The van der Waals surface area contributed by atoms with Crippen molar-refractivity contribution >= 4 is 11.6 Å². The number of alkyl halides is 2. The molecule has 0 fully saturated rings. The summed E-state index contributed by atoms with van der Waals surface area (Å²) in [6.45, 7) is 1.47. The topological polar surface area (TPSA) is 25.8 Å². The van der Waals surface area contributed by atoms with E-state index in [0.29, 0.717) is 0 Å². The van der Waals surface area contributed by atoms with Crippen LogP contribution < -0.4 is 0 Å². The van der Waals surface area contributed by atoms with Crippen molar-refractivity contribution < 1.29 is 8.78 Å². The molecule has 0 bridgehead atoms. The van der Waals surface area contributed by atoms with Crippen molar-refractivity contribution in [3.8, 4) is 0 Å². The van der Waals surface area contributed by atoms with Gasteiger partial charge in [0.05, 0.1) is 11.3 Å². The number of hydrogen-bond acceptors (Lipinski definition) is 2. The summed E-state index contributed by atoms with van der Waals surface area (Å²) in [6.07, 6.45) is -1.50. The van der Waals surface area contributed by atoms with E-state index in [1.807, 2.05) is 0 Å². The van der Waals surface area contributed by atoms with Crippen LogP contribution in [0.3, 0.4) is 0 Å². The third kappa shape index (κ3) is 1.83. The van der Waals surface area contributed by atoms with Crippen LogP contribution in [0.1, 0.15) is 17.7 Å². The highest BCUT2D eigenvalue weighted by Crippen LogP contribution is 2.20. The summed E-state index contributed by atoms with van der Waals surface area (Å²) in [5.74, 6) is 0. The van der Waals surface area contributed by atoms with Crippen LogP contribution in [0.5, 0.6) is 0 Å². The molecule has 1 aromatic rings. The molecule has 0 aliphatic rings. The highest BCUT2D eigenvalue weighted by atomic mass is 35.5. The van der Waals surface area contributed by atoms with Crippen LogP contribution in [0.4, 0.5) is 8.78 Å². The van der Waals surface area contributed by atoms with E-state index >= 15 is 0 Å². The van der Waals surface area contributed by atoms with E-state index < -0.39 is 6.43 Å². The fourth-order valence-electron chi connectivity index (χ4n) is 0.662. The monoisotopic (exact) mass is 178 g/mol. The normalized spacial score (nSPS) is 10.6. The molecule has 60 valence electrons. The van der Waals surface area contributed by atoms with Crippen LogP contribution in [0, 0.1) is 6.92 Å². The zero-order valence-corrected chi connectivity index (χ0v) is 6.44. The maximum atomic E-state index is 12.0. The molecule has 5 heteroatoms. The molecule has 0 spiro atoms. The quantitative estimate of drug-likeness (QED) is 0.617. The Kier molecular flexibility index (Phi) is 2.34. The molecule has 0 radical (unpaired) electrons. The largest absolute Gasteiger partial charge is 0.267 e. The molecule has 0 aliphatic carbocycles. The lowest BCUT2D eigenvalue weighted by atomic mass is 10.2. The van der Waals surface area contributed by atoms with Crippen LogP contribution >= 0.6 is 11.6 Å². The zero-order chi connectivity index (χ0) is 8.43. The van der Waals surface area contributed by atoms with Gasteiger partial charge in [-0.15, -0.1) is 0 Å². The number of halogens is 3. The van der Waals surface area contributed by atoms with Crippen molar-refractivity contribution in [2.24, 2.45) is 0 Å². The first kappa shape index (κ1) is 8.33. The summed E-state index contributed by atoms with van der Waals surface area (Å²) < 4.78 is 24.1. The smallest absolute Gasteiger partial charge is 0.226 e. The van der Waals surface area contributed by atoms with Crippen molar-refractivity contribution in [1.82, 2.24) is 9.97 Å². The van der Waals surface area contributed by atoms with Gasteiger partial charge < -0.3 is 0 Å². The summed E-state index contributed by atoms with van der Waals surface area (Å²) in [4.78, 5) is 7.00. The van der Waals surface area contributed by atoms with Gasteiger partial charge in [0.2, 0.25) is 5.28 Å². The van der Waals surface area contributed by atoms with E-state index in [0.717, 1.165) is 6.20 Å². The second kappa shape index (κ2) is 3.09. The van der Waals surface area contributed by atoms with E-state index in [2.05, 4.69) is 9.97 Å². The Labute approximate surface area is 67.2 Å². The molecule has 0 aromatic carbocycles. The lowest BCUT2D eigenvalue weighted by Crippen LogP contribution is -1.95. The molecule has 2 nitrogen and oxygen atoms in total. The van der Waals surface area contributed by atoms with Gasteiger partial charge in [0.25, 0.3) is 6.43 Å².